The zero-order valence-electron chi connectivity index (χ0n) is 50.0. The summed E-state index contributed by atoms with van der Waals surface area (Å²) in [4.78, 5) is 32.6. The van der Waals surface area contributed by atoms with Crippen molar-refractivity contribution in [3.8, 4) is 0 Å². The maximum absolute atomic E-state index is 14.6. The van der Waals surface area contributed by atoms with Gasteiger partial charge in [-0.25, -0.2) is 13.9 Å². The second-order valence-corrected chi connectivity index (χ2v) is 25.5. The molecular formula is C57H95FN6O15. The molecule has 2 aromatic rings. The average Bonchev–Trinajstić information content (AvgIpc) is 3.98. The summed E-state index contributed by atoms with van der Waals surface area (Å²) in [6.07, 6.45) is -9.81. The first-order valence-corrected chi connectivity index (χ1v) is 28.1. The highest BCUT2D eigenvalue weighted by Crippen LogP contribution is 2.41. The van der Waals surface area contributed by atoms with E-state index < -0.39 is 143 Å². The van der Waals surface area contributed by atoms with E-state index in [1.807, 2.05) is 78.7 Å². The van der Waals surface area contributed by atoms with Crippen LogP contribution < -0.4 is 4.90 Å². The third-order valence-corrected chi connectivity index (χ3v) is 17.2. The number of carbonyl (C=O) groups excluding carboxylic acids is 2. The van der Waals surface area contributed by atoms with Crippen molar-refractivity contribution in [3.05, 3.63) is 42.0 Å². The van der Waals surface area contributed by atoms with Crippen molar-refractivity contribution in [2.24, 2.45) is 17.8 Å². The predicted molar refractivity (Wildman–Crippen MR) is 290 cm³/mol. The normalized spacial score (nSPS) is 40.0. The lowest BCUT2D eigenvalue weighted by atomic mass is 9.77. The number of esters is 1. The molecule has 5 N–H and O–H groups in total. The standard InChI is InChI=1S/C57H95FN6O15/c1-19-41-57(14,71)47(66)34(5)62(17)28-31(2)24-55(12,70)49(32(3)45(33(4)50(68)76-41)77-42-27-56(13,72-18)48(67)36(7)73-42)78-51-44(65)43(61(15)16)46(35(6)74-51)79-54(10,11)25-38-29-64(60-59-38)53(8,9)26-40-30-63(52(69)75-40)39-22-20-21-37(58)23-39/h20-23,29,31-36,40-49,51,65-67,70-71H,19,24-28,30H2,1-18H3/t31-,32+,33-,34-,35-,36+,40+,41-,42+,43-,44-,45+,46-,47-,48+,49-,51+,55-,56-,57-/m1/s1. The number of hydrogen-bond donors (Lipinski definition) is 5. The van der Waals surface area contributed by atoms with Gasteiger partial charge in [0, 0.05) is 51.1 Å². The highest BCUT2D eigenvalue weighted by Gasteiger charge is 2.55. The number of hydrogen-bond acceptors (Lipinski definition) is 19. The maximum atomic E-state index is 14.6. The number of likely N-dealkylation sites (N-methyl/N-ethyl adjacent to an activating group) is 2. The quantitative estimate of drug-likeness (QED) is 0.150. The van der Waals surface area contributed by atoms with Crippen LogP contribution in [0.5, 0.6) is 0 Å². The number of halogens is 1. The summed E-state index contributed by atoms with van der Waals surface area (Å²) in [7, 11) is 6.96. The van der Waals surface area contributed by atoms with Crippen LogP contribution in [0.4, 0.5) is 14.9 Å². The minimum absolute atomic E-state index is 0.0701. The van der Waals surface area contributed by atoms with Crippen molar-refractivity contribution in [1.29, 1.82) is 0 Å². The third kappa shape index (κ3) is 14.7. The Morgan fingerprint density at radius 3 is 2.19 bits per heavy atom. The van der Waals surface area contributed by atoms with Crippen LogP contribution in [-0.4, -0.2) is 212 Å². The minimum atomic E-state index is -1.87. The summed E-state index contributed by atoms with van der Waals surface area (Å²) in [6.45, 7) is 25.7. The van der Waals surface area contributed by atoms with E-state index in [1.54, 1.807) is 65.3 Å². The van der Waals surface area contributed by atoms with Crippen LogP contribution in [0.2, 0.25) is 0 Å². The molecule has 20 atom stereocenters. The van der Waals surface area contributed by atoms with Gasteiger partial charge in [-0.3, -0.25) is 9.69 Å². The zero-order valence-corrected chi connectivity index (χ0v) is 50.0. The van der Waals surface area contributed by atoms with Crippen LogP contribution in [0.15, 0.2) is 30.5 Å². The largest absolute Gasteiger partial charge is 0.459 e. The molecule has 1 aromatic carbocycles. The van der Waals surface area contributed by atoms with Crippen molar-refractivity contribution in [1.82, 2.24) is 24.8 Å². The minimum Gasteiger partial charge on any atom is -0.459 e. The van der Waals surface area contributed by atoms with Gasteiger partial charge in [0.05, 0.1) is 76.6 Å². The van der Waals surface area contributed by atoms with E-state index in [0.717, 1.165) is 0 Å². The average molecular weight is 1120 g/mol. The van der Waals surface area contributed by atoms with Gasteiger partial charge in [-0.1, -0.05) is 32.1 Å². The first kappa shape index (κ1) is 64.7. The van der Waals surface area contributed by atoms with Gasteiger partial charge >= 0.3 is 12.1 Å². The Balaban J connectivity index is 1.26. The lowest BCUT2D eigenvalue weighted by Crippen LogP contribution is -2.66. The summed E-state index contributed by atoms with van der Waals surface area (Å²) in [6, 6.07) is 4.50. The molecule has 0 radical (unpaired) electrons. The van der Waals surface area contributed by atoms with Gasteiger partial charge in [-0.15, -0.1) is 5.10 Å². The Kier molecular flexibility index (Phi) is 20.6. The number of ether oxygens (including phenoxy) is 8. The van der Waals surface area contributed by atoms with Crippen LogP contribution in [0.1, 0.15) is 128 Å². The molecule has 5 heterocycles. The van der Waals surface area contributed by atoms with Gasteiger partial charge in [-0.05, 0) is 134 Å². The van der Waals surface area contributed by atoms with Crippen LogP contribution in [0.25, 0.3) is 0 Å². The molecule has 0 spiro atoms. The molecule has 1 amide bonds. The lowest BCUT2D eigenvalue weighted by molar-refractivity contribution is -0.334. The van der Waals surface area contributed by atoms with Crippen LogP contribution in [0, 0.1) is 23.6 Å². The Hall–Kier alpha value is -3.49. The molecule has 4 fully saturated rings. The van der Waals surface area contributed by atoms with Crippen molar-refractivity contribution in [3.63, 3.8) is 0 Å². The summed E-state index contributed by atoms with van der Waals surface area (Å²) >= 11 is 0. The molecule has 21 nitrogen and oxygen atoms in total. The van der Waals surface area contributed by atoms with Gasteiger partial charge in [0.25, 0.3) is 0 Å². The first-order valence-electron chi connectivity index (χ1n) is 28.1. The molecular weight excluding hydrogens is 1030 g/mol. The van der Waals surface area contributed by atoms with E-state index in [9.17, 15) is 39.5 Å². The van der Waals surface area contributed by atoms with Crippen molar-refractivity contribution in [2.75, 3.05) is 46.2 Å². The molecule has 0 bridgehead atoms. The SMILES string of the molecule is CC[C@H]1OC(=O)[C@H](C)[C@@H](O[C@H]2C[C@@](C)(OC)[C@@H](O)[C@H](C)O2)[C@H](C)[C@@H](O[C@@H]2O[C@H](C)[C@@H](OC(C)(C)Cc3cn(C(C)(C)C[C@H]4CN(c5cccc(F)c5)C(=O)O4)nn3)[C@H](N(C)C)[C@H]2O)[C@](C)(O)C[C@@H](C)CN(C)[C@H](C)[C@@H](O)[C@]1(C)O. The number of aliphatic hydroxyl groups excluding tert-OH is 3. The Morgan fingerprint density at radius 1 is 0.899 bits per heavy atom. The zero-order chi connectivity index (χ0) is 59.1. The predicted octanol–water partition coefficient (Wildman–Crippen LogP) is 4.80. The topological polar surface area (TPSA) is 250 Å². The number of cyclic esters (lactones) is 2. The van der Waals surface area contributed by atoms with E-state index in [4.69, 9.17) is 37.9 Å². The fourth-order valence-corrected chi connectivity index (χ4v) is 12.6. The molecule has 4 aliphatic heterocycles. The Bertz CT molecular complexity index is 2340. The molecule has 6 rings (SSSR count). The fourth-order valence-electron chi connectivity index (χ4n) is 12.6. The van der Waals surface area contributed by atoms with Crippen LogP contribution in [0.3, 0.4) is 0 Å². The number of methoxy groups -OCH3 is 1. The highest BCUT2D eigenvalue weighted by molar-refractivity contribution is 5.89. The van der Waals surface area contributed by atoms with E-state index in [0.29, 0.717) is 30.8 Å². The fraction of sp³-hybridized carbons (Fsp3) is 0.825. The number of nitrogens with zero attached hydrogens (tertiary/aromatic N) is 6. The maximum Gasteiger partial charge on any atom is 0.414 e. The molecule has 0 saturated carbocycles. The highest BCUT2D eigenvalue weighted by atomic mass is 19.1. The van der Waals surface area contributed by atoms with Crippen molar-refractivity contribution in [2.45, 2.75) is 243 Å². The number of benzene rings is 1. The summed E-state index contributed by atoms with van der Waals surface area (Å²) in [5.41, 5.74) is -5.15. The summed E-state index contributed by atoms with van der Waals surface area (Å²) < 4.78 is 67.1. The summed E-state index contributed by atoms with van der Waals surface area (Å²) in [5.74, 6) is -3.42. The molecule has 79 heavy (non-hydrogen) atoms. The first-order chi connectivity index (χ1) is 36.6. The molecule has 0 unspecified atom stereocenters. The van der Waals surface area contributed by atoms with E-state index >= 15 is 0 Å². The molecule has 450 valence electrons. The second-order valence-electron chi connectivity index (χ2n) is 25.5. The van der Waals surface area contributed by atoms with Gasteiger partial charge in [-0.2, -0.15) is 0 Å². The van der Waals surface area contributed by atoms with Crippen molar-refractivity contribution < 1.29 is 77.4 Å². The molecule has 1 aromatic heterocycles. The Labute approximate surface area is 467 Å². The number of rotatable bonds is 15. The van der Waals surface area contributed by atoms with Crippen molar-refractivity contribution >= 4 is 17.7 Å². The molecule has 0 aliphatic carbocycles. The van der Waals surface area contributed by atoms with Crippen LogP contribution in [-0.2, 0) is 54.6 Å². The van der Waals surface area contributed by atoms with Gasteiger partial charge in [0.1, 0.15) is 48.0 Å². The van der Waals surface area contributed by atoms with Gasteiger partial charge in [0.15, 0.2) is 12.6 Å². The molecule has 22 heteroatoms. The second kappa shape index (κ2) is 25.2. The smallest absolute Gasteiger partial charge is 0.414 e. The number of aliphatic hydroxyl groups is 5. The van der Waals surface area contributed by atoms with E-state index in [1.165, 1.54) is 31.1 Å². The van der Waals surface area contributed by atoms with E-state index in [-0.39, 0.29) is 31.7 Å². The van der Waals surface area contributed by atoms with Crippen LogP contribution >= 0.6 is 0 Å². The van der Waals surface area contributed by atoms with Gasteiger partial charge in [0.2, 0.25) is 0 Å². The molecule has 4 aliphatic rings. The Morgan fingerprint density at radius 2 is 1.57 bits per heavy atom. The number of aromatic nitrogens is 3. The third-order valence-electron chi connectivity index (χ3n) is 17.2. The van der Waals surface area contributed by atoms with E-state index in [2.05, 4.69) is 10.3 Å². The summed E-state index contributed by atoms with van der Waals surface area (Å²) in [5, 5.41) is 69.3. The van der Waals surface area contributed by atoms with Gasteiger partial charge < -0.3 is 73.2 Å². The monoisotopic (exact) mass is 1120 g/mol. The number of amides is 1. The lowest BCUT2D eigenvalue weighted by Gasteiger charge is -2.51. The number of carbonyl (C=O) groups is 2. The number of anilines is 1. The molecule has 4 saturated heterocycles.